The number of hydrogen-bond acceptors (Lipinski definition) is 2. The van der Waals surface area contributed by atoms with Crippen molar-refractivity contribution in [3.63, 3.8) is 0 Å². The highest BCUT2D eigenvalue weighted by Gasteiger charge is 2.18. The standard InChI is InChI=1S/C13H9Br2ClF2N2/c1-5(2)11-9(15)12(16)20-13(19-11)6-3-4-7(17)10(18)8(6)14/h3-5H,1-2H3. The summed E-state index contributed by atoms with van der Waals surface area (Å²) in [7, 11) is 0. The number of benzene rings is 1. The van der Waals surface area contributed by atoms with Gasteiger partial charge < -0.3 is 0 Å². The molecule has 0 fully saturated rings. The van der Waals surface area contributed by atoms with Crippen LogP contribution in [0.4, 0.5) is 8.78 Å². The molecule has 0 aliphatic carbocycles. The van der Waals surface area contributed by atoms with Gasteiger partial charge in [0.05, 0.1) is 14.6 Å². The van der Waals surface area contributed by atoms with Crippen molar-refractivity contribution in [1.82, 2.24) is 9.97 Å². The average Bonchev–Trinajstić information content (AvgIpc) is 2.39. The summed E-state index contributed by atoms with van der Waals surface area (Å²) in [5.74, 6) is -1.57. The molecule has 2 nitrogen and oxygen atoms in total. The third kappa shape index (κ3) is 2.87. The summed E-state index contributed by atoms with van der Waals surface area (Å²) >= 11 is 12.4. The average molecular weight is 426 g/mol. The van der Waals surface area contributed by atoms with E-state index in [1.807, 2.05) is 13.8 Å². The zero-order chi connectivity index (χ0) is 15.0. The van der Waals surface area contributed by atoms with Crippen LogP contribution in [0.5, 0.6) is 0 Å². The van der Waals surface area contributed by atoms with Crippen molar-refractivity contribution >= 4 is 43.5 Å². The van der Waals surface area contributed by atoms with Crippen LogP contribution in [0.15, 0.2) is 21.1 Å². The molecule has 0 saturated heterocycles. The van der Waals surface area contributed by atoms with Crippen LogP contribution >= 0.6 is 43.5 Å². The third-order valence-electron chi connectivity index (χ3n) is 2.66. The van der Waals surface area contributed by atoms with Crippen LogP contribution in [0.1, 0.15) is 25.5 Å². The van der Waals surface area contributed by atoms with Gasteiger partial charge in [-0.25, -0.2) is 18.7 Å². The Bertz CT molecular complexity index is 678. The number of rotatable bonds is 2. The fraction of sp³-hybridized carbons (Fsp3) is 0.231. The highest BCUT2D eigenvalue weighted by molar-refractivity contribution is 9.11. The van der Waals surface area contributed by atoms with Gasteiger partial charge in [0.2, 0.25) is 0 Å². The predicted molar refractivity (Wildman–Crippen MR) is 81.9 cm³/mol. The van der Waals surface area contributed by atoms with Gasteiger partial charge in [0.15, 0.2) is 17.5 Å². The first-order valence-electron chi connectivity index (χ1n) is 5.69. The van der Waals surface area contributed by atoms with Crippen LogP contribution in [-0.4, -0.2) is 9.97 Å². The molecule has 0 amide bonds. The summed E-state index contributed by atoms with van der Waals surface area (Å²) in [4.78, 5) is 8.48. The van der Waals surface area contributed by atoms with E-state index in [2.05, 4.69) is 41.8 Å². The summed E-state index contributed by atoms with van der Waals surface area (Å²) in [6.45, 7) is 3.90. The summed E-state index contributed by atoms with van der Waals surface area (Å²) in [5, 5.41) is 0.232. The van der Waals surface area contributed by atoms with Gasteiger partial charge in [-0.1, -0.05) is 25.4 Å². The van der Waals surface area contributed by atoms with Crippen LogP contribution < -0.4 is 0 Å². The van der Waals surface area contributed by atoms with E-state index in [-0.39, 0.29) is 21.4 Å². The number of aromatic nitrogens is 2. The minimum atomic E-state index is -0.976. The molecule has 0 aliphatic rings. The van der Waals surface area contributed by atoms with Gasteiger partial charge in [0, 0.05) is 5.56 Å². The Kier molecular flexibility index (Phi) is 4.76. The first kappa shape index (κ1) is 15.8. The van der Waals surface area contributed by atoms with E-state index in [9.17, 15) is 8.78 Å². The zero-order valence-electron chi connectivity index (χ0n) is 10.5. The Labute approximate surface area is 136 Å². The smallest absolute Gasteiger partial charge is 0.173 e. The Morgan fingerprint density at radius 1 is 1.10 bits per heavy atom. The molecule has 7 heteroatoms. The molecule has 1 aromatic heterocycles. The second-order valence-corrected chi connectivity index (χ2v) is 6.36. The molecular weight excluding hydrogens is 417 g/mol. The molecule has 20 heavy (non-hydrogen) atoms. The van der Waals surface area contributed by atoms with Crippen molar-refractivity contribution in [2.24, 2.45) is 0 Å². The minimum Gasteiger partial charge on any atom is -0.231 e. The van der Waals surface area contributed by atoms with E-state index in [0.29, 0.717) is 15.7 Å². The summed E-state index contributed by atoms with van der Waals surface area (Å²) in [6, 6.07) is 2.44. The number of hydrogen-bond donors (Lipinski definition) is 0. The molecule has 1 aromatic carbocycles. The molecule has 0 radical (unpaired) electrons. The molecule has 0 atom stereocenters. The van der Waals surface area contributed by atoms with Crippen molar-refractivity contribution in [1.29, 1.82) is 0 Å². The Morgan fingerprint density at radius 2 is 1.75 bits per heavy atom. The van der Waals surface area contributed by atoms with E-state index in [1.165, 1.54) is 6.07 Å². The van der Waals surface area contributed by atoms with Crippen LogP contribution in [0.3, 0.4) is 0 Å². The van der Waals surface area contributed by atoms with Crippen LogP contribution in [-0.2, 0) is 0 Å². The number of halogens is 5. The third-order valence-corrected chi connectivity index (χ3v) is 4.72. The first-order valence-corrected chi connectivity index (χ1v) is 7.66. The lowest BCUT2D eigenvalue weighted by Gasteiger charge is -2.12. The normalized spacial score (nSPS) is 11.2. The fourth-order valence-electron chi connectivity index (χ4n) is 1.64. The Morgan fingerprint density at radius 3 is 2.35 bits per heavy atom. The van der Waals surface area contributed by atoms with E-state index in [0.717, 1.165) is 6.07 Å². The first-order chi connectivity index (χ1) is 9.32. The highest BCUT2D eigenvalue weighted by Crippen LogP contribution is 2.34. The quantitative estimate of drug-likeness (QED) is 0.453. The van der Waals surface area contributed by atoms with Gasteiger partial charge in [-0.3, -0.25) is 0 Å². The molecule has 0 spiro atoms. The summed E-state index contributed by atoms with van der Waals surface area (Å²) in [5.41, 5.74) is 1.05. The van der Waals surface area contributed by atoms with Gasteiger partial charge in [-0.2, -0.15) is 0 Å². The summed E-state index contributed by atoms with van der Waals surface area (Å²) in [6.07, 6.45) is 0. The predicted octanol–water partition coefficient (Wildman–Crippen LogP) is 5.72. The van der Waals surface area contributed by atoms with Crippen LogP contribution in [0, 0.1) is 11.6 Å². The molecule has 0 saturated carbocycles. The molecule has 0 unspecified atom stereocenters. The van der Waals surface area contributed by atoms with E-state index < -0.39 is 11.6 Å². The monoisotopic (exact) mass is 424 g/mol. The topological polar surface area (TPSA) is 25.8 Å². The maximum atomic E-state index is 13.6. The Hall–Kier alpha value is -0.590. The molecule has 2 rings (SSSR count). The van der Waals surface area contributed by atoms with Crippen molar-refractivity contribution in [3.05, 3.63) is 43.6 Å². The van der Waals surface area contributed by atoms with Crippen LogP contribution in [0.25, 0.3) is 11.4 Å². The molecule has 106 valence electrons. The SMILES string of the molecule is CC(C)c1nc(-c2ccc(F)c(F)c2Br)nc(Cl)c1Br. The zero-order valence-corrected chi connectivity index (χ0v) is 14.4. The second-order valence-electron chi connectivity index (χ2n) is 4.41. The van der Waals surface area contributed by atoms with E-state index in [4.69, 9.17) is 11.6 Å². The van der Waals surface area contributed by atoms with E-state index in [1.54, 1.807) is 0 Å². The molecule has 1 heterocycles. The Balaban J connectivity index is 2.68. The van der Waals surface area contributed by atoms with Gasteiger partial charge in [0.25, 0.3) is 0 Å². The van der Waals surface area contributed by atoms with Crippen LogP contribution in [0.2, 0.25) is 5.15 Å². The van der Waals surface area contributed by atoms with Gasteiger partial charge >= 0.3 is 0 Å². The maximum absolute atomic E-state index is 13.6. The van der Waals surface area contributed by atoms with Crippen molar-refractivity contribution in [2.45, 2.75) is 19.8 Å². The summed E-state index contributed by atoms with van der Waals surface area (Å²) < 4.78 is 27.3. The molecular formula is C13H9Br2ClF2N2. The molecule has 0 aliphatic heterocycles. The van der Waals surface area contributed by atoms with E-state index >= 15 is 0 Å². The largest absolute Gasteiger partial charge is 0.231 e. The second kappa shape index (κ2) is 6.03. The lowest BCUT2D eigenvalue weighted by atomic mass is 10.1. The minimum absolute atomic E-state index is 0.0226. The fourth-order valence-corrected chi connectivity index (χ4v) is 2.95. The lowest BCUT2D eigenvalue weighted by Crippen LogP contribution is -2.01. The molecule has 2 aromatic rings. The van der Waals surface area contributed by atoms with Gasteiger partial charge in [-0.15, -0.1) is 0 Å². The maximum Gasteiger partial charge on any atom is 0.173 e. The molecule has 0 bridgehead atoms. The lowest BCUT2D eigenvalue weighted by molar-refractivity contribution is 0.504. The van der Waals surface area contributed by atoms with Crippen molar-refractivity contribution < 1.29 is 8.78 Å². The number of nitrogens with zero attached hydrogens (tertiary/aromatic N) is 2. The van der Waals surface area contributed by atoms with Gasteiger partial charge in [-0.05, 0) is 49.9 Å². The highest BCUT2D eigenvalue weighted by atomic mass is 79.9. The van der Waals surface area contributed by atoms with Gasteiger partial charge in [0.1, 0.15) is 5.15 Å². The van der Waals surface area contributed by atoms with Crippen molar-refractivity contribution in [2.75, 3.05) is 0 Å². The molecule has 0 N–H and O–H groups in total. The van der Waals surface area contributed by atoms with Crippen molar-refractivity contribution in [3.8, 4) is 11.4 Å².